The van der Waals surface area contributed by atoms with Gasteiger partial charge in [-0.2, -0.15) is 5.43 Å². The van der Waals surface area contributed by atoms with E-state index >= 15 is 0 Å². The predicted molar refractivity (Wildman–Crippen MR) is 70.5 cm³/mol. The predicted octanol–water partition coefficient (Wildman–Crippen LogP) is 1.38. The van der Waals surface area contributed by atoms with Crippen molar-refractivity contribution in [3.8, 4) is 0 Å². The molecule has 0 saturated heterocycles. The van der Waals surface area contributed by atoms with Gasteiger partial charge in [-0.15, -0.1) is 0 Å². The standard InChI is InChI=1S/C12H19N5/c1-3-5-6-8-13-11-15-12-14-10(4-2)7-9-17(12)16-11/h3,5,7,9,11,13,16H,4,6,8H2,1-2H3/t11-/m0/s1. The average Bonchev–Trinajstić information content (AvgIpc) is 2.76. The number of allylic oxidation sites excluding steroid dienone is 2. The molecule has 2 aliphatic heterocycles. The van der Waals surface area contributed by atoms with Crippen molar-refractivity contribution in [3.05, 3.63) is 24.4 Å². The first-order chi connectivity index (χ1) is 8.33. The summed E-state index contributed by atoms with van der Waals surface area (Å²) in [6.07, 6.45) is 10.0. The third-order valence-corrected chi connectivity index (χ3v) is 2.63. The monoisotopic (exact) mass is 233 g/mol. The molecular formula is C12H19N5. The van der Waals surface area contributed by atoms with Gasteiger partial charge in [0.1, 0.15) is 0 Å². The van der Waals surface area contributed by atoms with Crippen LogP contribution in [0.1, 0.15) is 26.7 Å². The van der Waals surface area contributed by atoms with Crippen LogP contribution in [-0.2, 0) is 0 Å². The number of aliphatic imine (C=N–C) groups is 2. The normalized spacial score (nSPS) is 22.9. The Kier molecular flexibility index (Phi) is 4.06. The van der Waals surface area contributed by atoms with E-state index in [1.54, 1.807) is 0 Å². The van der Waals surface area contributed by atoms with E-state index in [1.165, 1.54) is 0 Å². The fourth-order valence-corrected chi connectivity index (χ4v) is 1.67. The molecule has 2 rings (SSSR count). The van der Waals surface area contributed by atoms with Gasteiger partial charge in [0, 0.05) is 18.5 Å². The van der Waals surface area contributed by atoms with Crippen molar-refractivity contribution >= 4 is 11.7 Å². The summed E-state index contributed by atoms with van der Waals surface area (Å²) in [5.74, 6) is 0.743. The molecule has 92 valence electrons. The molecule has 1 atom stereocenters. The van der Waals surface area contributed by atoms with Gasteiger partial charge in [-0.25, -0.2) is 15.0 Å². The fourth-order valence-electron chi connectivity index (χ4n) is 1.67. The SMILES string of the molecule is CC=CCCN[C@H]1N=C2N=C(CC)C=CN2N1. The van der Waals surface area contributed by atoms with Crippen LogP contribution in [0.3, 0.4) is 0 Å². The van der Waals surface area contributed by atoms with Crippen molar-refractivity contribution in [2.75, 3.05) is 6.54 Å². The van der Waals surface area contributed by atoms with Crippen molar-refractivity contribution in [3.63, 3.8) is 0 Å². The Bertz CT molecular complexity index is 380. The summed E-state index contributed by atoms with van der Waals surface area (Å²) in [5, 5.41) is 5.16. The Morgan fingerprint density at radius 2 is 2.47 bits per heavy atom. The van der Waals surface area contributed by atoms with Gasteiger partial charge in [-0.05, 0) is 25.8 Å². The lowest BCUT2D eigenvalue weighted by atomic mass is 10.3. The van der Waals surface area contributed by atoms with Crippen molar-refractivity contribution in [1.82, 2.24) is 15.8 Å². The summed E-state index contributed by atoms with van der Waals surface area (Å²) in [7, 11) is 0. The van der Waals surface area contributed by atoms with Crippen molar-refractivity contribution < 1.29 is 0 Å². The summed E-state index contributed by atoms with van der Waals surface area (Å²) in [4.78, 5) is 8.91. The molecule has 0 aromatic carbocycles. The molecule has 0 spiro atoms. The maximum absolute atomic E-state index is 4.46. The van der Waals surface area contributed by atoms with Crippen molar-refractivity contribution in [1.29, 1.82) is 0 Å². The highest BCUT2D eigenvalue weighted by Gasteiger charge is 2.23. The Morgan fingerprint density at radius 3 is 3.24 bits per heavy atom. The highest BCUT2D eigenvalue weighted by atomic mass is 15.7. The van der Waals surface area contributed by atoms with E-state index in [0.29, 0.717) is 0 Å². The zero-order valence-corrected chi connectivity index (χ0v) is 10.3. The van der Waals surface area contributed by atoms with Gasteiger partial charge in [-0.1, -0.05) is 19.1 Å². The number of nitrogens with zero attached hydrogens (tertiary/aromatic N) is 3. The lowest BCUT2D eigenvalue weighted by Crippen LogP contribution is -2.44. The third kappa shape index (κ3) is 3.01. The van der Waals surface area contributed by atoms with Gasteiger partial charge in [0.15, 0.2) is 6.29 Å². The number of nitrogens with one attached hydrogen (secondary N) is 2. The van der Waals surface area contributed by atoms with Crippen LogP contribution < -0.4 is 10.7 Å². The van der Waals surface area contributed by atoms with Crippen LogP contribution in [-0.4, -0.2) is 29.5 Å². The molecule has 2 heterocycles. The van der Waals surface area contributed by atoms with Crippen LogP contribution in [0.25, 0.3) is 0 Å². The molecule has 2 aliphatic rings. The second kappa shape index (κ2) is 5.75. The van der Waals surface area contributed by atoms with Gasteiger partial charge in [0.25, 0.3) is 0 Å². The van der Waals surface area contributed by atoms with Crippen LogP contribution in [0.2, 0.25) is 0 Å². The van der Waals surface area contributed by atoms with Gasteiger partial charge in [0.05, 0.1) is 0 Å². The quantitative estimate of drug-likeness (QED) is 0.557. The number of fused-ring (bicyclic) bond motifs is 1. The van der Waals surface area contributed by atoms with Crippen LogP contribution in [0.5, 0.6) is 0 Å². The highest BCUT2D eigenvalue weighted by molar-refractivity contribution is 6.05. The third-order valence-electron chi connectivity index (χ3n) is 2.63. The molecule has 0 radical (unpaired) electrons. The minimum Gasteiger partial charge on any atom is -0.282 e. The zero-order chi connectivity index (χ0) is 12.1. The highest BCUT2D eigenvalue weighted by Crippen LogP contribution is 2.09. The lowest BCUT2D eigenvalue weighted by Gasteiger charge is -2.18. The van der Waals surface area contributed by atoms with Crippen molar-refractivity contribution in [2.45, 2.75) is 33.0 Å². The van der Waals surface area contributed by atoms with E-state index in [4.69, 9.17) is 0 Å². The largest absolute Gasteiger partial charge is 0.282 e. The molecular weight excluding hydrogens is 214 g/mol. The topological polar surface area (TPSA) is 52.0 Å². The molecule has 2 N–H and O–H groups in total. The molecule has 0 fully saturated rings. The molecule has 17 heavy (non-hydrogen) atoms. The maximum Gasteiger partial charge on any atom is 0.242 e. The van der Waals surface area contributed by atoms with Crippen LogP contribution in [0.15, 0.2) is 34.4 Å². The van der Waals surface area contributed by atoms with E-state index in [0.717, 1.165) is 31.1 Å². The summed E-state index contributed by atoms with van der Waals surface area (Å²) < 4.78 is 0. The van der Waals surface area contributed by atoms with E-state index in [1.807, 2.05) is 24.2 Å². The number of guanidine groups is 1. The Labute approximate surface area is 102 Å². The molecule has 0 aliphatic carbocycles. The molecule has 5 heteroatoms. The van der Waals surface area contributed by atoms with E-state index in [9.17, 15) is 0 Å². The Hall–Kier alpha value is -1.46. The molecule has 5 nitrogen and oxygen atoms in total. The van der Waals surface area contributed by atoms with Crippen LogP contribution in [0, 0.1) is 0 Å². The summed E-state index contributed by atoms with van der Waals surface area (Å²) in [5.41, 5.74) is 4.28. The minimum absolute atomic E-state index is 0.0696. The fraction of sp³-hybridized carbons (Fsp3) is 0.500. The minimum atomic E-state index is -0.0696. The number of hydrogen-bond donors (Lipinski definition) is 2. The molecule has 0 saturated carbocycles. The van der Waals surface area contributed by atoms with Gasteiger partial charge in [-0.3, -0.25) is 5.32 Å². The van der Waals surface area contributed by atoms with E-state index in [-0.39, 0.29) is 6.29 Å². The van der Waals surface area contributed by atoms with Crippen LogP contribution >= 0.6 is 0 Å². The summed E-state index contributed by atoms with van der Waals surface area (Å²) in [6.45, 7) is 5.02. The molecule has 0 bridgehead atoms. The lowest BCUT2D eigenvalue weighted by molar-refractivity contribution is 0.338. The smallest absolute Gasteiger partial charge is 0.242 e. The van der Waals surface area contributed by atoms with Crippen LogP contribution in [0.4, 0.5) is 0 Å². The maximum atomic E-state index is 4.46. The second-order valence-corrected chi connectivity index (χ2v) is 3.92. The zero-order valence-electron chi connectivity index (χ0n) is 10.3. The molecule has 0 aromatic heterocycles. The van der Waals surface area contributed by atoms with E-state index in [2.05, 4.69) is 39.8 Å². The number of hydrogen-bond acceptors (Lipinski definition) is 5. The first kappa shape index (κ1) is 12.0. The number of hydrazine groups is 1. The first-order valence-corrected chi connectivity index (χ1v) is 6.07. The average molecular weight is 233 g/mol. The summed E-state index contributed by atoms with van der Waals surface area (Å²) >= 11 is 0. The van der Waals surface area contributed by atoms with Gasteiger partial charge in [0.2, 0.25) is 5.96 Å². The van der Waals surface area contributed by atoms with Gasteiger partial charge >= 0.3 is 0 Å². The molecule has 0 aromatic rings. The summed E-state index contributed by atoms with van der Waals surface area (Å²) in [6, 6.07) is 0. The van der Waals surface area contributed by atoms with Gasteiger partial charge < -0.3 is 0 Å². The van der Waals surface area contributed by atoms with Crippen molar-refractivity contribution in [2.24, 2.45) is 9.98 Å². The Balaban J connectivity index is 1.87. The first-order valence-electron chi connectivity index (χ1n) is 6.07. The van der Waals surface area contributed by atoms with E-state index < -0.39 is 0 Å². The molecule has 0 amide bonds. The second-order valence-electron chi connectivity index (χ2n) is 3.92. The number of rotatable bonds is 5. The molecule has 0 unspecified atom stereocenters. The Morgan fingerprint density at radius 1 is 1.59 bits per heavy atom.